The predicted octanol–water partition coefficient (Wildman–Crippen LogP) is -0.626. The standard InChI is InChI=1S/C16H24N2O7/c1-8(19)17-12-7-18-6-5-13(23-9(2)20)14(18)16(25-11(4)22)15(12)24-10(3)21/h12-16H,5-7H2,1-4H3,(H,17,19). The maximum Gasteiger partial charge on any atom is 0.303 e. The maximum atomic E-state index is 11.6. The van der Waals surface area contributed by atoms with E-state index in [9.17, 15) is 19.2 Å². The van der Waals surface area contributed by atoms with Gasteiger partial charge >= 0.3 is 17.9 Å². The second-order valence-corrected chi connectivity index (χ2v) is 6.38. The molecule has 0 bridgehead atoms. The topological polar surface area (TPSA) is 111 Å². The first kappa shape index (κ1) is 19.2. The third-order valence-electron chi connectivity index (χ3n) is 4.30. The summed E-state index contributed by atoms with van der Waals surface area (Å²) in [6.07, 6.45) is -1.61. The van der Waals surface area contributed by atoms with Gasteiger partial charge in [-0.15, -0.1) is 0 Å². The summed E-state index contributed by atoms with van der Waals surface area (Å²) < 4.78 is 16.2. The van der Waals surface area contributed by atoms with Crippen molar-refractivity contribution in [2.24, 2.45) is 0 Å². The molecule has 2 heterocycles. The molecule has 1 N–H and O–H groups in total. The number of nitrogens with one attached hydrogen (secondary N) is 1. The first-order chi connectivity index (χ1) is 11.7. The molecule has 0 saturated carbocycles. The van der Waals surface area contributed by atoms with Crippen LogP contribution in [0.25, 0.3) is 0 Å². The Morgan fingerprint density at radius 2 is 1.44 bits per heavy atom. The van der Waals surface area contributed by atoms with Crippen molar-refractivity contribution in [1.82, 2.24) is 10.2 Å². The Bertz CT molecular complexity index is 565. The van der Waals surface area contributed by atoms with Gasteiger partial charge in [-0.05, 0) is 6.42 Å². The van der Waals surface area contributed by atoms with Gasteiger partial charge in [0.05, 0.1) is 12.1 Å². The number of piperidine rings is 1. The minimum atomic E-state index is -0.859. The molecule has 140 valence electrons. The molecule has 2 aliphatic heterocycles. The van der Waals surface area contributed by atoms with Crippen molar-refractivity contribution in [1.29, 1.82) is 0 Å². The number of rotatable bonds is 4. The summed E-state index contributed by atoms with van der Waals surface area (Å²) in [7, 11) is 0. The van der Waals surface area contributed by atoms with E-state index in [1.54, 1.807) is 0 Å². The molecular formula is C16H24N2O7. The summed E-state index contributed by atoms with van der Waals surface area (Å²) in [6.45, 7) is 6.20. The lowest BCUT2D eigenvalue weighted by molar-refractivity contribution is -0.187. The van der Waals surface area contributed by atoms with Crippen LogP contribution in [0.15, 0.2) is 0 Å². The van der Waals surface area contributed by atoms with Crippen LogP contribution in [-0.2, 0) is 33.4 Å². The molecule has 2 saturated heterocycles. The molecule has 2 rings (SSSR count). The number of hydrogen-bond donors (Lipinski definition) is 1. The fourth-order valence-electron chi connectivity index (χ4n) is 3.66. The number of esters is 3. The number of ether oxygens (including phenoxy) is 3. The molecule has 0 aromatic heterocycles. The highest BCUT2D eigenvalue weighted by Gasteiger charge is 2.54. The second-order valence-electron chi connectivity index (χ2n) is 6.38. The first-order valence-electron chi connectivity index (χ1n) is 8.22. The molecule has 1 amide bonds. The van der Waals surface area contributed by atoms with Crippen LogP contribution in [0, 0.1) is 0 Å². The van der Waals surface area contributed by atoms with Gasteiger partial charge in [0, 0.05) is 40.8 Å². The average Bonchev–Trinajstić information content (AvgIpc) is 2.82. The molecule has 0 aromatic carbocycles. The van der Waals surface area contributed by atoms with Crippen LogP contribution in [0.3, 0.4) is 0 Å². The first-order valence-corrected chi connectivity index (χ1v) is 8.22. The molecule has 0 radical (unpaired) electrons. The van der Waals surface area contributed by atoms with Gasteiger partial charge in [0.15, 0.2) is 12.2 Å². The van der Waals surface area contributed by atoms with E-state index in [0.717, 1.165) is 0 Å². The minimum Gasteiger partial charge on any atom is -0.461 e. The Kier molecular flexibility index (Phi) is 5.99. The van der Waals surface area contributed by atoms with Crippen LogP contribution in [0.4, 0.5) is 0 Å². The van der Waals surface area contributed by atoms with Gasteiger partial charge in [-0.25, -0.2) is 0 Å². The van der Waals surface area contributed by atoms with Gasteiger partial charge in [-0.2, -0.15) is 0 Å². The Morgan fingerprint density at radius 3 is 1.96 bits per heavy atom. The van der Waals surface area contributed by atoms with Crippen molar-refractivity contribution >= 4 is 23.8 Å². The lowest BCUT2D eigenvalue weighted by atomic mass is 9.90. The van der Waals surface area contributed by atoms with E-state index in [4.69, 9.17) is 14.2 Å². The van der Waals surface area contributed by atoms with Gasteiger partial charge in [-0.1, -0.05) is 0 Å². The van der Waals surface area contributed by atoms with E-state index >= 15 is 0 Å². The van der Waals surface area contributed by atoms with Crippen molar-refractivity contribution in [3.8, 4) is 0 Å². The molecule has 0 aromatic rings. The number of nitrogens with zero attached hydrogens (tertiary/aromatic N) is 1. The van der Waals surface area contributed by atoms with Crippen molar-refractivity contribution in [2.45, 2.75) is 64.5 Å². The van der Waals surface area contributed by atoms with Crippen molar-refractivity contribution in [3.05, 3.63) is 0 Å². The van der Waals surface area contributed by atoms with Gasteiger partial charge in [0.2, 0.25) is 5.91 Å². The summed E-state index contributed by atoms with van der Waals surface area (Å²) in [5.74, 6) is -1.80. The van der Waals surface area contributed by atoms with Crippen LogP contribution >= 0.6 is 0 Å². The largest absolute Gasteiger partial charge is 0.461 e. The zero-order chi connectivity index (χ0) is 18.7. The Labute approximate surface area is 145 Å². The SMILES string of the molecule is CC(=O)NC1CN2CCC(OC(C)=O)C2C(OC(C)=O)C1OC(C)=O. The van der Waals surface area contributed by atoms with Crippen LogP contribution in [0.2, 0.25) is 0 Å². The Hall–Kier alpha value is -2.16. The van der Waals surface area contributed by atoms with Crippen LogP contribution in [0.5, 0.6) is 0 Å². The van der Waals surface area contributed by atoms with Crippen molar-refractivity contribution in [3.63, 3.8) is 0 Å². The molecular weight excluding hydrogens is 332 g/mol. The highest BCUT2D eigenvalue weighted by molar-refractivity contribution is 5.73. The fraction of sp³-hybridized carbons (Fsp3) is 0.750. The molecule has 0 aliphatic carbocycles. The van der Waals surface area contributed by atoms with E-state index in [2.05, 4.69) is 5.32 Å². The molecule has 5 atom stereocenters. The average molecular weight is 356 g/mol. The van der Waals surface area contributed by atoms with Gasteiger partial charge in [0.1, 0.15) is 6.10 Å². The molecule has 0 spiro atoms. The highest BCUT2D eigenvalue weighted by Crippen LogP contribution is 2.33. The molecule has 9 nitrogen and oxygen atoms in total. The quantitative estimate of drug-likeness (QED) is 0.524. The number of carbonyl (C=O) groups is 4. The van der Waals surface area contributed by atoms with E-state index < -0.39 is 48.3 Å². The van der Waals surface area contributed by atoms with Crippen LogP contribution in [-0.4, -0.2) is 72.2 Å². The Balaban J connectivity index is 2.34. The highest BCUT2D eigenvalue weighted by atomic mass is 16.6. The smallest absolute Gasteiger partial charge is 0.303 e. The zero-order valence-electron chi connectivity index (χ0n) is 14.8. The van der Waals surface area contributed by atoms with E-state index in [1.807, 2.05) is 4.90 Å². The molecule has 9 heteroatoms. The van der Waals surface area contributed by atoms with Gasteiger partial charge in [-0.3, -0.25) is 24.1 Å². The summed E-state index contributed by atoms with van der Waals surface area (Å²) >= 11 is 0. The number of hydrogen-bond acceptors (Lipinski definition) is 8. The lowest BCUT2D eigenvalue weighted by Crippen LogP contribution is -2.67. The molecule has 5 unspecified atom stereocenters. The van der Waals surface area contributed by atoms with E-state index in [-0.39, 0.29) is 5.91 Å². The number of fused-ring (bicyclic) bond motifs is 1. The summed E-state index contributed by atoms with van der Waals surface area (Å²) in [5.41, 5.74) is 0. The van der Waals surface area contributed by atoms with E-state index in [0.29, 0.717) is 19.5 Å². The molecule has 2 fully saturated rings. The third-order valence-corrected chi connectivity index (χ3v) is 4.30. The second kappa shape index (κ2) is 7.81. The van der Waals surface area contributed by atoms with Crippen LogP contribution in [0.1, 0.15) is 34.1 Å². The van der Waals surface area contributed by atoms with Crippen molar-refractivity contribution < 1.29 is 33.4 Å². The molecule has 2 aliphatic rings. The van der Waals surface area contributed by atoms with Crippen molar-refractivity contribution in [2.75, 3.05) is 13.1 Å². The summed E-state index contributed by atoms with van der Waals surface area (Å²) in [6, 6.07) is -0.958. The number of carbonyl (C=O) groups excluding carboxylic acids is 4. The van der Waals surface area contributed by atoms with Gasteiger partial charge in [0.25, 0.3) is 0 Å². The number of amides is 1. The normalized spacial score (nSPS) is 31.6. The van der Waals surface area contributed by atoms with Crippen LogP contribution < -0.4 is 5.32 Å². The summed E-state index contributed by atoms with van der Waals surface area (Å²) in [4.78, 5) is 48.1. The van der Waals surface area contributed by atoms with Gasteiger partial charge < -0.3 is 19.5 Å². The third kappa shape index (κ3) is 4.68. The van der Waals surface area contributed by atoms with E-state index in [1.165, 1.54) is 27.7 Å². The lowest BCUT2D eigenvalue weighted by Gasteiger charge is -2.46. The fourth-order valence-corrected chi connectivity index (χ4v) is 3.66. The molecule has 25 heavy (non-hydrogen) atoms. The minimum absolute atomic E-state index is 0.280. The summed E-state index contributed by atoms with van der Waals surface area (Å²) in [5, 5.41) is 2.75. The zero-order valence-corrected chi connectivity index (χ0v) is 14.8. The monoisotopic (exact) mass is 356 g/mol. The maximum absolute atomic E-state index is 11.6. The predicted molar refractivity (Wildman–Crippen MR) is 84.2 cm³/mol. The Morgan fingerprint density at radius 1 is 0.880 bits per heavy atom.